The summed E-state index contributed by atoms with van der Waals surface area (Å²) in [5.41, 5.74) is 12.0. The van der Waals surface area contributed by atoms with Crippen molar-refractivity contribution in [3.8, 4) is 33.9 Å². The molecule has 46 heavy (non-hydrogen) atoms. The van der Waals surface area contributed by atoms with Crippen LogP contribution in [0.3, 0.4) is 0 Å². The van der Waals surface area contributed by atoms with Crippen molar-refractivity contribution in [2.45, 2.75) is 93.9 Å². The topological polar surface area (TPSA) is 38.4 Å². The second kappa shape index (κ2) is 14.4. The minimum absolute atomic E-state index is 0.0350. The van der Waals surface area contributed by atoms with Crippen molar-refractivity contribution >= 4 is 17.1 Å². The van der Waals surface area contributed by atoms with Crippen LogP contribution in [0.15, 0.2) is 60.7 Å². The molecule has 4 aromatic rings. The summed E-state index contributed by atoms with van der Waals surface area (Å²) in [6, 6.07) is 22.7. The van der Waals surface area contributed by atoms with Gasteiger partial charge in [-0.2, -0.15) is 0 Å². The van der Waals surface area contributed by atoms with Gasteiger partial charge in [-0.3, -0.25) is 0 Å². The Bertz CT molecular complexity index is 1450. The van der Waals surface area contributed by atoms with Gasteiger partial charge in [-0.15, -0.1) is 0 Å². The fraction of sp³-hybridized carbons (Fsp3) is 0.488. The van der Waals surface area contributed by atoms with Gasteiger partial charge in [0.2, 0.25) is 0 Å². The Morgan fingerprint density at radius 3 is 1.28 bits per heavy atom. The predicted molar refractivity (Wildman–Crippen MR) is 203 cm³/mol. The van der Waals surface area contributed by atoms with Crippen molar-refractivity contribution in [3.63, 3.8) is 0 Å². The fourth-order valence-electron chi connectivity index (χ4n) is 6.57. The zero-order valence-corrected chi connectivity index (χ0v) is 30.8. The highest BCUT2D eigenvalue weighted by Crippen LogP contribution is 2.44. The van der Waals surface area contributed by atoms with Gasteiger partial charge >= 0.3 is 0 Å². The second-order valence-electron chi connectivity index (χ2n) is 14.3. The SMILES string of the molecule is CCN(CC)c1ccc(-c2nc(-c3cc(C(C)(C)C)c(N(CC)CC)c(C(C)(C)C)c3)[nH]c2-c2ccc(N(CC)CC)cc2)cc1. The minimum atomic E-state index is -0.0350. The highest BCUT2D eigenvalue weighted by Gasteiger charge is 2.30. The summed E-state index contributed by atoms with van der Waals surface area (Å²) in [4.78, 5) is 16.5. The molecule has 0 saturated heterocycles. The predicted octanol–water partition coefficient (Wildman–Crippen LogP) is 10.5. The number of hydrogen-bond acceptors (Lipinski definition) is 4. The van der Waals surface area contributed by atoms with Crippen molar-refractivity contribution in [2.24, 2.45) is 0 Å². The number of H-pyrrole nitrogens is 1. The molecule has 0 aliphatic heterocycles. The average Bonchev–Trinajstić information content (AvgIpc) is 3.48. The second-order valence-corrected chi connectivity index (χ2v) is 14.3. The Hall–Kier alpha value is -3.73. The molecule has 248 valence electrons. The van der Waals surface area contributed by atoms with Crippen molar-refractivity contribution in [1.82, 2.24) is 9.97 Å². The van der Waals surface area contributed by atoms with Crippen LogP contribution >= 0.6 is 0 Å². The van der Waals surface area contributed by atoms with Crippen LogP contribution in [0.25, 0.3) is 33.9 Å². The van der Waals surface area contributed by atoms with Crippen LogP contribution in [0.1, 0.15) is 94.2 Å². The maximum absolute atomic E-state index is 5.40. The van der Waals surface area contributed by atoms with E-state index in [-0.39, 0.29) is 10.8 Å². The van der Waals surface area contributed by atoms with Gasteiger partial charge in [0.1, 0.15) is 5.82 Å². The molecular formula is C41H59N5. The first-order valence-electron chi connectivity index (χ1n) is 17.6. The number of rotatable bonds is 12. The molecule has 0 spiro atoms. The zero-order valence-electron chi connectivity index (χ0n) is 30.8. The van der Waals surface area contributed by atoms with Crippen LogP contribution in [-0.2, 0) is 10.8 Å². The summed E-state index contributed by atoms with van der Waals surface area (Å²) in [5, 5.41) is 0. The first kappa shape index (κ1) is 35.1. The third-order valence-electron chi connectivity index (χ3n) is 9.34. The quantitative estimate of drug-likeness (QED) is 0.171. The van der Waals surface area contributed by atoms with E-state index in [0.717, 1.165) is 73.2 Å². The van der Waals surface area contributed by atoms with Gasteiger partial charge in [0, 0.05) is 73.0 Å². The van der Waals surface area contributed by atoms with Crippen LogP contribution in [0, 0.1) is 0 Å². The minimum Gasteiger partial charge on any atom is -0.372 e. The summed E-state index contributed by atoms with van der Waals surface area (Å²) in [6.07, 6.45) is 0. The van der Waals surface area contributed by atoms with Crippen LogP contribution in [0.5, 0.6) is 0 Å². The van der Waals surface area contributed by atoms with Gasteiger partial charge in [0.05, 0.1) is 11.4 Å². The van der Waals surface area contributed by atoms with Crippen LogP contribution < -0.4 is 14.7 Å². The molecule has 0 radical (unpaired) electrons. The Morgan fingerprint density at radius 1 is 0.522 bits per heavy atom. The number of nitrogens with one attached hydrogen (secondary N) is 1. The summed E-state index contributed by atoms with van der Waals surface area (Å²) in [7, 11) is 0. The Kier molecular flexibility index (Phi) is 11.0. The molecule has 0 atom stereocenters. The first-order valence-corrected chi connectivity index (χ1v) is 17.6. The zero-order chi connectivity index (χ0) is 33.8. The number of hydrogen-bond donors (Lipinski definition) is 1. The van der Waals surface area contributed by atoms with E-state index in [1.54, 1.807) is 0 Å². The molecule has 0 saturated carbocycles. The lowest BCUT2D eigenvalue weighted by atomic mass is 9.77. The molecule has 1 N–H and O–H groups in total. The summed E-state index contributed by atoms with van der Waals surface area (Å²) in [5.74, 6) is 0.910. The maximum atomic E-state index is 5.40. The van der Waals surface area contributed by atoms with E-state index in [9.17, 15) is 0 Å². The highest BCUT2D eigenvalue weighted by atomic mass is 15.1. The largest absolute Gasteiger partial charge is 0.372 e. The van der Waals surface area contributed by atoms with E-state index in [2.05, 4.69) is 163 Å². The van der Waals surface area contributed by atoms with Crippen molar-refractivity contribution < 1.29 is 0 Å². The molecule has 5 nitrogen and oxygen atoms in total. The van der Waals surface area contributed by atoms with E-state index in [0.29, 0.717) is 0 Å². The first-order chi connectivity index (χ1) is 21.8. The van der Waals surface area contributed by atoms with Gasteiger partial charge in [-0.05, 0) is 99.9 Å². The number of imidazole rings is 1. The van der Waals surface area contributed by atoms with E-state index < -0.39 is 0 Å². The molecule has 5 heteroatoms. The molecule has 0 fully saturated rings. The number of anilines is 3. The van der Waals surface area contributed by atoms with Crippen molar-refractivity contribution in [2.75, 3.05) is 54.0 Å². The highest BCUT2D eigenvalue weighted by molar-refractivity contribution is 5.83. The summed E-state index contributed by atoms with van der Waals surface area (Å²) in [6.45, 7) is 33.3. The van der Waals surface area contributed by atoms with E-state index in [1.807, 2.05) is 0 Å². The van der Waals surface area contributed by atoms with E-state index in [1.165, 1.54) is 28.2 Å². The molecule has 0 amide bonds. The molecule has 0 unspecified atom stereocenters. The number of benzene rings is 3. The lowest BCUT2D eigenvalue weighted by Gasteiger charge is -2.36. The number of aromatic nitrogens is 2. The van der Waals surface area contributed by atoms with Gasteiger partial charge < -0.3 is 19.7 Å². The van der Waals surface area contributed by atoms with Crippen molar-refractivity contribution in [1.29, 1.82) is 0 Å². The summed E-state index contributed by atoms with van der Waals surface area (Å²) >= 11 is 0. The van der Waals surface area contributed by atoms with Gasteiger partial charge in [0.15, 0.2) is 0 Å². The van der Waals surface area contributed by atoms with E-state index in [4.69, 9.17) is 4.98 Å². The monoisotopic (exact) mass is 621 g/mol. The Morgan fingerprint density at radius 2 is 0.913 bits per heavy atom. The molecule has 0 aliphatic carbocycles. The lowest BCUT2D eigenvalue weighted by molar-refractivity contribution is 0.564. The maximum Gasteiger partial charge on any atom is 0.138 e. The van der Waals surface area contributed by atoms with Gasteiger partial charge in [-0.25, -0.2) is 4.98 Å². The molecule has 3 aromatic carbocycles. The lowest BCUT2D eigenvalue weighted by Crippen LogP contribution is -2.30. The van der Waals surface area contributed by atoms with Gasteiger partial charge in [-0.1, -0.05) is 65.8 Å². The van der Waals surface area contributed by atoms with Crippen molar-refractivity contribution in [3.05, 3.63) is 71.8 Å². The van der Waals surface area contributed by atoms with E-state index >= 15 is 0 Å². The van der Waals surface area contributed by atoms with Crippen LogP contribution in [-0.4, -0.2) is 49.2 Å². The molecule has 4 rings (SSSR count). The average molecular weight is 622 g/mol. The third kappa shape index (κ3) is 7.29. The molecule has 0 bridgehead atoms. The summed E-state index contributed by atoms with van der Waals surface area (Å²) < 4.78 is 0. The molecule has 0 aliphatic rings. The van der Waals surface area contributed by atoms with Crippen LogP contribution in [0.2, 0.25) is 0 Å². The number of nitrogens with zero attached hydrogens (tertiary/aromatic N) is 4. The molecule has 1 heterocycles. The smallest absolute Gasteiger partial charge is 0.138 e. The Labute approximate surface area is 280 Å². The fourth-order valence-corrected chi connectivity index (χ4v) is 6.57. The molecule has 1 aromatic heterocycles. The third-order valence-corrected chi connectivity index (χ3v) is 9.34. The Balaban J connectivity index is 1.97. The standard InChI is InChI=1S/C41H59N5/c1-13-44(14-2)32-23-19-29(20-24-32)36-37(30-21-25-33(26-22-30)45(15-3)16-4)43-39(42-36)31-27-34(40(7,8)9)38(46(17-5)18-6)35(28-31)41(10,11)12/h19-28H,13-18H2,1-12H3,(H,42,43). The number of aromatic amines is 1. The normalized spacial score (nSPS) is 12.0. The van der Waals surface area contributed by atoms with Crippen LogP contribution in [0.4, 0.5) is 17.1 Å². The molecular weight excluding hydrogens is 562 g/mol. The van der Waals surface area contributed by atoms with Gasteiger partial charge in [0.25, 0.3) is 0 Å².